The van der Waals surface area contributed by atoms with Gasteiger partial charge in [0.1, 0.15) is 11.4 Å². The number of aryl methyl sites for hydroxylation is 2. The summed E-state index contributed by atoms with van der Waals surface area (Å²) < 4.78 is 6.79. The Labute approximate surface area is 171 Å². The number of thiophene rings is 1. The standard InChI is InChI=1S/C21H22N4O3S/c26-18(23-14-4-6-15(7-5-14)24-8-10-28-11-9-24)12-25-13-22-20-19(21(25)27)16-2-1-3-17(16)29-20/h4-7,13H,1-3,8-12H2,(H,23,26). The van der Waals surface area contributed by atoms with Crippen molar-refractivity contribution in [3.05, 3.63) is 51.4 Å². The van der Waals surface area contributed by atoms with E-state index in [1.807, 2.05) is 24.3 Å². The molecule has 1 aliphatic carbocycles. The predicted molar refractivity (Wildman–Crippen MR) is 114 cm³/mol. The van der Waals surface area contributed by atoms with Crippen LogP contribution in [0.4, 0.5) is 11.4 Å². The Hall–Kier alpha value is -2.71. The van der Waals surface area contributed by atoms with Gasteiger partial charge in [-0.2, -0.15) is 0 Å². The maximum atomic E-state index is 12.9. The van der Waals surface area contributed by atoms with E-state index < -0.39 is 0 Å². The summed E-state index contributed by atoms with van der Waals surface area (Å²) in [6, 6.07) is 7.77. The van der Waals surface area contributed by atoms with Crippen molar-refractivity contribution in [2.24, 2.45) is 0 Å². The number of benzene rings is 1. The van der Waals surface area contributed by atoms with Crippen LogP contribution in [-0.2, 0) is 28.9 Å². The number of anilines is 2. The van der Waals surface area contributed by atoms with Crippen LogP contribution in [0.3, 0.4) is 0 Å². The highest BCUT2D eigenvalue weighted by Crippen LogP contribution is 2.34. The minimum absolute atomic E-state index is 0.0440. The lowest BCUT2D eigenvalue weighted by atomic mass is 10.2. The van der Waals surface area contributed by atoms with E-state index in [1.54, 1.807) is 11.3 Å². The first-order valence-corrected chi connectivity index (χ1v) is 10.7. The highest BCUT2D eigenvalue weighted by molar-refractivity contribution is 7.18. The third kappa shape index (κ3) is 3.54. The minimum atomic E-state index is -0.237. The molecule has 2 aromatic heterocycles. The van der Waals surface area contributed by atoms with Crippen LogP contribution in [0, 0.1) is 0 Å². The normalized spacial score (nSPS) is 16.2. The van der Waals surface area contributed by atoms with E-state index in [4.69, 9.17) is 4.74 Å². The Balaban J connectivity index is 1.29. The third-order valence-electron chi connectivity index (χ3n) is 5.53. The van der Waals surface area contributed by atoms with Crippen LogP contribution in [0.5, 0.6) is 0 Å². The summed E-state index contributed by atoms with van der Waals surface area (Å²) in [6.07, 6.45) is 4.53. The highest BCUT2D eigenvalue weighted by Gasteiger charge is 2.21. The molecule has 5 rings (SSSR count). The highest BCUT2D eigenvalue weighted by atomic mass is 32.1. The Kier molecular flexibility index (Phi) is 4.81. The summed E-state index contributed by atoms with van der Waals surface area (Å²) in [4.78, 5) is 34.1. The summed E-state index contributed by atoms with van der Waals surface area (Å²) >= 11 is 1.61. The number of fused-ring (bicyclic) bond motifs is 3. The van der Waals surface area contributed by atoms with Gasteiger partial charge < -0.3 is 15.0 Å². The molecule has 0 bridgehead atoms. The van der Waals surface area contributed by atoms with Crippen molar-refractivity contribution < 1.29 is 9.53 Å². The molecule has 1 fully saturated rings. The smallest absolute Gasteiger partial charge is 0.262 e. The zero-order valence-corrected chi connectivity index (χ0v) is 16.8. The zero-order valence-electron chi connectivity index (χ0n) is 16.0. The number of nitrogens with zero attached hydrogens (tertiary/aromatic N) is 3. The van der Waals surface area contributed by atoms with Crippen LogP contribution >= 0.6 is 11.3 Å². The molecule has 29 heavy (non-hydrogen) atoms. The van der Waals surface area contributed by atoms with Crippen LogP contribution in [-0.4, -0.2) is 41.8 Å². The summed E-state index contributed by atoms with van der Waals surface area (Å²) in [6.45, 7) is 3.17. The molecule has 1 aromatic carbocycles. The van der Waals surface area contributed by atoms with Crippen LogP contribution in [0.15, 0.2) is 35.4 Å². The van der Waals surface area contributed by atoms with E-state index in [9.17, 15) is 9.59 Å². The van der Waals surface area contributed by atoms with Crippen molar-refractivity contribution in [3.8, 4) is 0 Å². The van der Waals surface area contributed by atoms with Gasteiger partial charge in [0.15, 0.2) is 0 Å². The topological polar surface area (TPSA) is 76.5 Å². The number of amides is 1. The number of carbonyl (C=O) groups is 1. The van der Waals surface area contributed by atoms with Gasteiger partial charge >= 0.3 is 0 Å². The largest absolute Gasteiger partial charge is 0.378 e. The number of ether oxygens (including phenoxy) is 1. The molecule has 0 unspecified atom stereocenters. The fraction of sp³-hybridized carbons (Fsp3) is 0.381. The van der Waals surface area contributed by atoms with Gasteiger partial charge in [0.2, 0.25) is 5.91 Å². The van der Waals surface area contributed by atoms with E-state index in [-0.39, 0.29) is 18.0 Å². The van der Waals surface area contributed by atoms with E-state index in [2.05, 4.69) is 15.2 Å². The molecule has 150 valence electrons. The number of rotatable bonds is 4. The quantitative estimate of drug-likeness (QED) is 0.715. The first kappa shape index (κ1) is 18.3. The maximum absolute atomic E-state index is 12.9. The second-order valence-electron chi connectivity index (χ2n) is 7.41. The lowest BCUT2D eigenvalue weighted by Crippen LogP contribution is -2.36. The zero-order chi connectivity index (χ0) is 19.8. The first-order valence-electron chi connectivity index (χ1n) is 9.91. The van der Waals surface area contributed by atoms with Crippen molar-refractivity contribution in [2.75, 3.05) is 36.5 Å². The Morgan fingerprint density at radius 1 is 1.17 bits per heavy atom. The molecule has 3 heterocycles. The van der Waals surface area contributed by atoms with Crippen LogP contribution in [0.25, 0.3) is 10.2 Å². The maximum Gasteiger partial charge on any atom is 0.262 e. The van der Waals surface area contributed by atoms with Gasteiger partial charge in [-0.25, -0.2) is 4.98 Å². The molecule has 3 aromatic rings. The van der Waals surface area contributed by atoms with Crippen LogP contribution in [0.1, 0.15) is 16.9 Å². The SMILES string of the molecule is O=C(Cn1cnc2sc3c(c2c1=O)CCC3)Nc1ccc(N2CCOCC2)cc1. The molecule has 0 radical (unpaired) electrons. The van der Waals surface area contributed by atoms with E-state index in [1.165, 1.54) is 15.8 Å². The number of aromatic nitrogens is 2. The lowest BCUT2D eigenvalue weighted by Gasteiger charge is -2.28. The fourth-order valence-corrected chi connectivity index (χ4v) is 5.28. The Bertz CT molecular complexity index is 1110. The van der Waals surface area contributed by atoms with E-state index in [0.29, 0.717) is 11.1 Å². The van der Waals surface area contributed by atoms with Crippen LogP contribution < -0.4 is 15.8 Å². The van der Waals surface area contributed by atoms with Gasteiger partial charge in [0.25, 0.3) is 5.56 Å². The Morgan fingerprint density at radius 3 is 2.76 bits per heavy atom. The number of hydrogen-bond donors (Lipinski definition) is 1. The minimum Gasteiger partial charge on any atom is -0.378 e. The molecule has 0 spiro atoms. The summed E-state index contributed by atoms with van der Waals surface area (Å²) in [5.74, 6) is -0.237. The first-order chi connectivity index (χ1) is 14.2. The van der Waals surface area contributed by atoms with Gasteiger partial charge in [0, 0.05) is 29.3 Å². The second kappa shape index (κ2) is 7.61. The summed E-state index contributed by atoms with van der Waals surface area (Å²) in [5, 5.41) is 3.58. The molecule has 0 saturated carbocycles. The molecule has 2 aliphatic rings. The molecular formula is C21H22N4O3S. The summed E-state index contributed by atoms with van der Waals surface area (Å²) in [7, 11) is 0. The molecule has 8 heteroatoms. The van der Waals surface area contributed by atoms with Gasteiger partial charge in [-0.1, -0.05) is 0 Å². The fourth-order valence-electron chi connectivity index (χ4n) is 4.06. The van der Waals surface area contributed by atoms with Gasteiger partial charge in [-0.3, -0.25) is 14.2 Å². The number of morpholine rings is 1. The van der Waals surface area contributed by atoms with Crippen LogP contribution in [0.2, 0.25) is 0 Å². The van der Waals surface area contributed by atoms with Crippen molar-refractivity contribution >= 4 is 38.8 Å². The van der Waals surface area contributed by atoms with Crippen molar-refractivity contribution in [2.45, 2.75) is 25.8 Å². The second-order valence-corrected chi connectivity index (χ2v) is 8.49. The van der Waals surface area contributed by atoms with Gasteiger partial charge in [-0.05, 0) is 49.1 Å². The van der Waals surface area contributed by atoms with Crippen molar-refractivity contribution in [1.82, 2.24) is 9.55 Å². The number of nitrogens with one attached hydrogen (secondary N) is 1. The monoisotopic (exact) mass is 410 g/mol. The van der Waals surface area contributed by atoms with E-state index in [0.717, 1.165) is 61.6 Å². The predicted octanol–water partition coefficient (Wildman–Crippen LogP) is 2.42. The number of hydrogen-bond acceptors (Lipinski definition) is 6. The molecule has 7 nitrogen and oxygen atoms in total. The molecule has 0 atom stereocenters. The lowest BCUT2D eigenvalue weighted by molar-refractivity contribution is -0.116. The van der Waals surface area contributed by atoms with Gasteiger partial charge in [0.05, 0.1) is 24.9 Å². The average molecular weight is 410 g/mol. The third-order valence-corrected chi connectivity index (χ3v) is 6.73. The average Bonchev–Trinajstić information content (AvgIpc) is 3.32. The van der Waals surface area contributed by atoms with E-state index >= 15 is 0 Å². The Morgan fingerprint density at radius 2 is 1.97 bits per heavy atom. The number of carbonyl (C=O) groups excluding carboxylic acids is 1. The summed E-state index contributed by atoms with van der Waals surface area (Å²) in [5.41, 5.74) is 2.84. The van der Waals surface area contributed by atoms with Crippen molar-refractivity contribution in [3.63, 3.8) is 0 Å². The van der Waals surface area contributed by atoms with Crippen molar-refractivity contribution in [1.29, 1.82) is 0 Å². The van der Waals surface area contributed by atoms with Gasteiger partial charge in [-0.15, -0.1) is 11.3 Å². The molecule has 1 N–H and O–H groups in total. The molecule has 1 saturated heterocycles. The molecular weight excluding hydrogens is 388 g/mol. The molecule has 1 aliphatic heterocycles. The molecule has 1 amide bonds.